The first-order valence-electron chi connectivity index (χ1n) is 10.7. The highest BCUT2D eigenvalue weighted by molar-refractivity contribution is 5.76. The van der Waals surface area contributed by atoms with Crippen molar-refractivity contribution >= 4 is 11.7 Å². The van der Waals surface area contributed by atoms with Crippen molar-refractivity contribution in [2.45, 2.75) is 51.4 Å². The molecule has 1 N–H and O–H groups in total. The van der Waals surface area contributed by atoms with E-state index in [4.69, 9.17) is 0 Å². The number of halogens is 3. The average Bonchev–Trinajstić information content (AvgIpc) is 3.23. The molecule has 2 aromatic heterocycles. The van der Waals surface area contributed by atoms with E-state index >= 15 is 0 Å². The Morgan fingerprint density at radius 2 is 1.97 bits per heavy atom. The highest BCUT2D eigenvalue weighted by Crippen LogP contribution is 2.28. The Kier molecular flexibility index (Phi) is 6.40. The first-order chi connectivity index (χ1) is 15.3. The lowest BCUT2D eigenvalue weighted by Gasteiger charge is -2.33. The van der Waals surface area contributed by atoms with Gasteiger partial charge in [0.25, 0.3) is 11.6 Å². The first-order valence-corrected chi connectivity index (χ1v) is 10.7. The number of aromatic nitrogens is 4. The number of carbonyl (C=O) groups excluding carboxylic acids is 1. The molecule has 170 valence electrons. The van der Waals surface area contributed by atoms with Crippen molar-refractivity contribution in [3.63, 3.8) is 0 Å². The summed E-state index contributed by atoms with van der Waals surface area (Å²) in [4.78, 5) is 21.9. The van der Waals surface area contributed by atoms with Crippen molar-refractivity contribution in [2.75, 3.05) is 13.1 Å². The Balaban J connectivity index is 1.37. The molecule has 1 amide bonds. The second-order valence-electron chi connectivity index (χ2n) is 8.08. The van der Waals surface area contributed by atoms with Crippen LogP contribution in [0.4, 0.5) is 13.2 Å². The van der Waals surface area contributed by atoms with Gasteiger partial charge in [-0.15, -0.1) is 5.10 Å². The molecule has 4 rings (SSSR count). The van der Waals surface area contributed by atoms with Crippen molar-refractivity contribution in [3.05, 3.63) is 47.9 Å². The van der Waals surface area contributed by atoms with Gasteiger partial charge in [0.05, 0.1) is 5.69 Å². The molecule has 3 aromatic rings. The summed E-state index contributed by atoms with van der Waals surface area (Å²) >= 11 is 0. The number of hydrogen-bond donors (Lipinski definition) is 1. The zero-order valence-corrected chi connectivity index (χ0v) is 17.8. The van der Waals surface area contributed by atoms with Gasteiger partial charge in [-0.25, -0.2) is 4.98 Å². The highest BCUT2D eigenvalue weighted by atomic mass is 19.4. The van der Waals surface area contributed by atoms with Crippen molar-refractivity contribution in [1.82, 2.24) is 29.8 Å². The van der Waals surface area contributed by atoms with Crippen LogP contribution in [0.5, 0.6) is 0 Å². The van der Waals surface area contributed by atoms with Gasteiger partial charge in [0.15, 0.2) is 0 Å². The van der Waals surface area contributed by atoms with Crippen molar-refractivity contribution in [1.29, 1.82) is 0 Å². The second-order valence-corrected chi connectivity index (χ2v) is 8.08. The summed E-state index contributed by atoms with van der Waals surface area (Å²) in [6.07, 6.45) is 0.852. The van der Waals surface area contributed by atoms with Gasteiger partial charge in [0.2, 0.25) is 5.91 Å². The van der Waals surface area contributed by atoms with Gasteiger partial charge in [-0.05, 0) is 37.9 Å². The van der Waals surface area contributed by atoms with Crippen LogP contribution < -0.4 is 5.32 Å². The maximum absolute atomic E-state index is 12.9. The number of likely N-dealkylation sites (tertiary alicyclic amines) is 1. The molecule has 7 nitrogen and oxygen atoms in total. The molecule has 1 aliphatic rings. The Hall–Kier alpha value is -3.01. The molecular weight excluding hydrogens is 421 g/mol. The molecule has 32 heavy (non-hydrogen) atoms. The zero-order chi connectivity index (χ0) is 22.7. The third-order valence-corrected chi connectivity index (χ3v) is 5.80. The molecule has 0 bridgehead atoms. The minimum atomic E-state index is -4.64. The van der Waals surface area contributed by atoms with Crippen LogP contribution in [0.15, 0.2) is 36.5 Å². The Morgan fingerprint density at radius 3 is 2.69 bits per heavy atom. The number of alkyl halides is 3. The number of carbonyl (C=O) groups is 1. The zero-order valence-electron chi connectivity index (χ0n) is 17.8. The predicted molar refractivity (Wildman–Crippen MR) is 113 cm³/mol. The van der Waals surface area contributed by atoms with Gasteiger partial charge < -0.3 is 10.2 Å². The maximum Gasteiger partial charge on any atom is 0.453 e. The molecule has 1 saturated heterocycles. The lowest BCUT2D eigenvalue weighted by molar-refractivity contribution is -0.144. The van der Waals surface area contributed by atoms with E-state index in [1.54, 1.807) is 18.2 Å². The van der Waals surface area contributed by atoms with Gasteiger partial charge in [-0.2, -0.15) is 22.7 Å². The Bertz CT molecular complexity index is 1080. The lowest BCUT2D eigenvalue weighted by atomic mass is 10.0. The van der Waals surface area contributed by atoms with E-state index < -0.39 is 12.0 Å². The average molecular weight is 446 g/mol. The van der Waals surface area contributed by atoms with Crippen LogP contribution in [-0.2, 0) is 17.5 Å². The molecular formula is C22H25F3N6O. The first kappa shape index (κ1) is 22.2. The van der Waals surface area contributed by atoms with Gasteiger partial charge in [-0.3, -0.25) is 4.79 Å². The summed E-state index contributed by atoms with van der Waals surface area (Å²) in [7, 11) is 0. The van der Waals surface area contributed by atoms with E-state index in [0.717, 1.165) is 23.2 Å². The number of nitrogens with zero attached hydrogens (tertiary/aromatic N) is 5. The van der Waals surface area contributed by atoms with E-state index in [0.29, 0.717) is 30.3 Å². The highest BCUT2D eigenvalue weighted by Gasteiger charge is 2.36. The summed E-state index contributed by atoms with van der Waals surface area (Å²) < 4.78 is 39.9. The monoisotopic (exact) mass is 446 g/mol. The SMILES string of the molecule is CC1CCCCN1CCC(=O)NCc1ccc(-c2ccnc3nc(C(F)(F)F)nn23)cc1. The molecule has 0 aliphatic carbocycles. The van der Waals surface area contributed by atoms with E-state index in [1.165, 1.54) is 25.5 Å². The van der Waals surface area contributed by atoms with E-state index in [2.05, 4.69) is 32.2 Å². The van der Waals surface area contributed by atoms with Crippen LogP contribution in [0.3, 0.4) is 0 Å². The van der Waals surface area contributed by atoms with Crippen LogP contribution in [0.1, 0.15) is 44.0 Å². The van der Waals surface area contributed by atoms with Crippen LogP contribution >= 0.6 is 0 Å². The normalized spacial score (nSPS) is 17.6. The number of fused-ring (bicyclic) bond motifs is 1. The maximum atomic E-state index is 12.9. The van der Waals surface area contributed by atoms with Crippen molar-refractivity contribution in [2.24, 2.45) is 0 Å². The van der Waals surface area contributed by atoms with Crippen molar-refractivity contribution < 1.29 is 18.0 Å². The van der Waals surface area contributed by atoms with Gasteiger partial charge in [-0.1, -0.05) is 30.7 Å². The predicted octanol–water partition coefficient (Wildman–Crippen LogP) is 3.69. The van der Waals surface area contributed by atoms with E-state index in [1.807, 2.05) is 12.1 Å². The molecule has 1 atom stereocenters. The molecule has 3 heterocycles. The van der Waals surface area contributed by atoms with Crippen LogP contribution in [0, 0.1) is 0 Å². The third kappa shape index (κ3) is 5.07. The molecule has 1 fully saturated rings. The fraction of sp³-hybridized carbons (Fsp3) is 0.455. The standard InChI is InChI=1S/C22H25F3N6O/c1-15-4-2-3-12-30(15)13-10-19(32)27-14-16-5-7-17(8-6-16)18-9-11-26-21-28-20(22(23,24)25)29-31(18)21/h5-9,11,15H,2-4,10,12-14H2,1H3,(H,27,32). The van der Waals surface area contributed by atoms with Crippen molar-refractivity contribution in [3.8, 4) is 11.3 Å². The summed E-state index contributed by atoms with van der Waals surface area (Å²) in [6, 6.07) is 9.33. The molecule has 0 spiro atoms. The van der Waals surface area contributed by atoms with Gasteiger partial charge >= 0.3 is 6.18 Å². The van der Waals surface area contributed by atoms with E-state index in [-0.39, 0.29) is 11.7 Å². The van der Waals surface area contributed by atoms with Crippen LogP contribution in [-0.4, -0.2) is 49.5 Å². The van der Waals surface area contributed by atoms with Gasteiger partial charge in [0, 0.05) is 37.3 Å². The number of amides is 1. The van der Waals surface area contributed by atoms with Crippen LogP contribution in [0.25, 0.3) is 17.0 Å². The fourth-order valence-corrected chi connectivity index (χ4v) is 3.95. The summed E-state index contributed by atoms with van der Waals surface area (Å²) in [5.41, 5.74) is 2.02. The molecule has 1 aliphatic heterocycles. The number of nitrogens with one attached hydrogen (secondary N) is 1. The van der Waals surface area contributed by atoms with Crippen LogP contribution in [0.2, 0.25) is 0 Å². The third-order valence-electron chi connectivity index (χ3n) is 5.80. The minimum Gasteiger partial charge on any atom is -0.352 e. The number of piperidine rings is 1. The molecule has 0 saturated carbocycles. The largest absolute Gasteiger partial charge is 0.453 e. The number of rotatable bonds is 6. The number of benzene rings is 1. The Morgan fingerprint density at radius 1 is 1.19 bits per heavy atom. The molecule has 0 radical (unpaired) electrons. The lowest BCUT2D eigenvalue weighted by Crippen LogP contribution is -2.39. The summed E-state index contributed by atoms with van der Waals surface area (Å²) in [5, 5.41) is 6.50. The Labute approximate surface area is 183 Å². The minimum absolute atomic E-state index is 0.00462. The molecule has 1 unspecified atom stereocenters. The summed E-state index contributed by atoms with van der Waals surface area (Å²) in [5.74, 6) is -1.34. The van der Waals surface area contributed by atoms with E-state index in [9.17, 15) is 18.0 Å². The molecule has 1 aromatic carbocycles. The number of hydrogen-bond acceptors (Lipinski definition) is 5. The second kappa shape index (κ2) is 9.23. The summed E-state index contributed by atoms with van der Waals surface area (Å²) in [6.45, 7) is 4.41. The van der Waals surface area contributed by atoms with Gasteiger partial charge in [0.1, 0.15) is 0 Å². The quantitative estimate of drug-likeness (QED) is 0.625. The fourth-order valence-electron chi connectivity index (χ4n) is 3.95. The molecule has 10 heteroatoms. The topological polar surface area (TPSA) is 75.4 Å². The smallest absolute Gasteiger partial charge is 0.352 e.